The number of halogens is 1. The van der Waals surface area contributed by atoms with Crippen LogP contribution in [0, 0.1) is 6.92 Å². The Bertz CT molecular complexity index is 288. The largest absolute Gasteiger partial charge is 0.388 e. The third kappa shape index (κ3) is 2.53. The van der Waals surface area contributed by atoms with Crippen LogP contribution in [-0.4, -0.2) is 11.7 Å². The Morgan fingerprint density at radius 2 is 2.23 bits per heavy atom. The molecule has 3 heteroatoms. The Balaban J connectivity index is 2.93. The fourth-order valence-corrected chi connectivity index (χ4v) is 1.77. The molecule has 1 aromatic carbocycles. The van der Waals surface area contributed by atoms with Crippen molar-refractivity contribution in [1.29, 1.82) is 0 Å². The first-order valence-electron chi connectivity index (χ1n) is 4.30. The Kier molecular flexibility index (Phi) is 3.90. The van der Waals surface area contributed by atoms with E-state index in [0.29, 0.717) is 13.0 Å². The summed E-state index contributed by atoms with van der Waals surface area (Å²) in [6, 6.07) is 5.86. The second kappa shape index (κ2) is 4.74. The summed E-state index contributed by atoms with van der Waals surface area (Å²) >= 11 is 3.45. The average Bonchev–Trinajstić information content (AvgIpc) is 2.10. The van der Waals surface area contributed by atoms with E-state index in [1.165, 1.54) is 0 Å². The fourth-order valence-electron chi connectivity index (χ4n) is 1.24. The summed E-state index contributed by atoms with van der Waals surface area (Å²) in [5.41, 5.74) is 7.43. The molecule has 3 N–H and O–H groups in total. The smallest absolute Gasteiger partial charge is 0.0813 e. The molecule has 0 saturated carbocycles. The van der Waals surface area contributed by atoms with Crippen LogP contribution in [0.4, 0.5) is 0 Å². The van der Waals surface area contributed by atoms with Crippen molar-refractivity contribution < 1.29 is 5.11 Å². The Morgan fingerprint density at radius 1 is 1.54 bits per heavy atom. The highest BCUT2D eigenvalue weighted by molar-refractivity contribution is 9.10. The second-order valence-corrected chi connectivity index (χ2v) is 3.86. The van der Waals surface area contributed by atoms with E-state index in [4.69, 9.17) is 5.73 Å². The molecule has 1 rings (SSSR count). The van der Waals surface area contributed by atoms with E-state index >= 15 is 0 Å². The lowest BCUT2D eigenvalue weighted by Gasteiger charge is -2.12. The van der Waals surface area contributed by atoms with Crippen LogP contribution in [0.1, 0.15) is 23.7 Å². The molecule has 0 heterocycles. The van der Waals surface area contributed by atoms with E-state index in [2.05, 4.69) is 15.9 Å². The van der Waals surface area contributed by atoms with Crippen LogP contribution in [0.5, 0.6) is 0 Å². The number of aliphatic hydroxyl groups excluding tert-OH is 1. The summed E-state index contributed by atoms with van der Waals surface area (Å²) in [4.78, 5) is 0. The Hall–Kier alpha value is -0.380. The molecule has 0 fully saturated rings. The van der Waals surface area contributed by atoms with Gasteiger partial charge < -0.3 is 10.8 Å². The summed E-state index contributed by atoms with van der Waals surface area (Å²) in [5, 5.41) is 9.72. The number of benzene rings is 1. The standard InChI is InChI=1S/C10H14BrNO/c1-7-3-2-4-8(10(7)11)9(13)5-6-12/h2-4,9,13H,5-6,12H2,1H3. The molecule has 1 aromatic rings. The summed E-state index contributed by atoms with van der Waals surface area (Å²) in [7, 11) is 0. The van der Waals surface area contributed by atoms with Gasteiger partial charge in [-0.3, -0.25) is 0 Å². The minimum atomic E-state index is -0.459. The number of aryl methyl sites for hydroxylation is 1. The van der Waals surface area contributed by atoms with Crippen molar-refractivity contribution in [2.24, 2.45) is 5.73 Å². The van der Waals surface area contributed by atoms with Gasteiger partial charge in [0.25, 0.3) is 0 Å². The van der Waals surface area contributed by atoms with Crippen LogP contribution in [0.25, 0.3) is 0 Å². The van der Waals surface area contributed by atoms with Gasteiger partial charge in [0, 0.05) is 4.47 Å². The highest BCUT2D eigenvalue weighted by Gasteiger charge is 2.10. The first-order chi connectivity index (χ1) is 6.16. The molecule has 2 nitrogen and oxygen atoms in total. The van der Waals surface area contributed by atoms with Crippen LogP contribution in [-0.2, 0) is 0 Å². The van der Waals surface area contributed by atoms with Crippen molar-refractivity contribution in [3.8, 4) is 0 Å². The van der Waals surface area contributed by atoms with Crippen molar-refractivity contribution >= 4 is 15.9 Å². The van der Waals surface area contributed by atoms with Gasteiger partial charge in [-0.25, -0.2) is 0 Å². The van der Waals surface area contributed by atoms with E-state index < -0.39 is 6.10 Å². The molecule has 1 atom stereocenters. The monoisotopic (exact) mass is 243 g/mol. The average molecular weight is 244 g/mol. The summed E-state index contributed by atoms with van der Waals surface area (Å²) in [6.07, 6.45) is 0.140. The minimum Gasteiger partial charge on any atom is -0.388 e. The van der Waals surface area contributed by atoms with E-state index in [1.54, 1.807) is 0 Å². The number of hydrogen-bond acceptors (Lipinski definition) is 2. The molecule has 0 aromatic heterocycles. The van der Waals surface area contributed by atoms with E-state index in [9.17, 15) is 5.11 Å². The molecular formula is C10H14BrNO. The maximum absolute atomic E-state index is 9.72. The lowest BCUT2D eigenvalue weighted by atomic mass is 10.0. The highest BCUT2D eigenvalue weighted by Crippen LogP contribution is 2.27. The summed E-state index contributed by atoms with van der Waals surface area (Å²) in [5.74, 6) is 0. The van der Waals surface area contributed by atoms with Gasteiger partial charge in [0.15, 0.2) is 0 Å². The maximum Gasteiger partial charge on any atom is 0.0813 e. The molecule has 0 aliphatic rings. The van der Waals surface area contributed by atoms with Crippen molar-refractivity contribution in [3.63, 3.8) is 0 Å². The third-order valence-corrected chi connectivity index (χ3v) is 3.10. The summed E-state index contributed by atoms with van der Waals surface area (Å²) in [6.45, 7) is 2.50. The van der Waals surface area contributed by atoms with Gasteiger partial charge in [-0.1, -0.05) is 34.1 Å². The first kappa shape index (κ1) is 10.7. The molecule has 0 bridgehead atoms. The van der Waals surface area contributed by atoms with Gasteiger partial charge in [-0.05, 0) is 31.0 Å². The minimum absolute atomic E-state index is 0.459. The van der Waals surface area contributed by atoms with Crippen LogP contribution in [0.2, 0.25) is 0 Å². The molecule has 0 saturated heterocycles. The van der Waals surface area contributed by atoms with Crippen molar-refractivity contribution in [2.45, 2.75) is 19.4 Å². The predicted octanol–water partition coefficient (Wildman–Crippen LogP) is 2.14. The molecule has 13 heavy (non-hydrogen) atoms. The Labute approximate surface area is 86.9 Å². The van der Waals surface area contributed by atoms with Gasteiger partial charge >= 0.3 is 0 Å². The highest BCUT2D eigenvalue weighted by atomic mass is 79.9. The van der Waals surface area contributed by atoms with Gasteiger partial charge in [0.2, 0.25) is 0 Å². The quantitative estimate of drug-likeness (QED) is 0.855. The van der Waals surface area contributed by atoms with E-state index in [0.717, 1.165) is 15.6 Å². The Morgan fingerprint density at radius 3 is 2.85 bits per heavy atom. The van der Waals surface area contributed by atoms with Crippen LogP contribution >= 0.6 is 15.9 Å². The number of hydrogen-bond donors (Lipinski definition) is 2. The molecule has 0 aliphatic carbocycles. The lowest BCUT2D eigenvalue weighted by molar-refractivity contribution is 0.169. The molecule has 0 amide bonds. The molecule has 1 unspecified atom stereocenters. The first-order valence-corrected chi connectivity index (χ1v) is 5.09. The third-order valence-electron chi connectivity index (χ3n) is 2.02. The lowest BCUT2D eigenvalue weighted by Crippen LogP contribution is -2.07. The van der Waals surface area contributed by atoms with Crippen LogP contribution in [0.3, 0.4) is 0 Å². The van der Waals surface area contributed by atoms with Gasteiger partial charge in [0.1, 0.15) is 0 Å². The zero-order valence-corrected chi connectivity index (χ0v) is 9.21. The van der Waals surface area contributed by atoms with E-state index in [-0.39, 0.29) is 0 Å². The maximum atomic E-state index is 9.72. The number of aliphatic hydroxyl groups is 1. The van der Waals surface area contributed by atoms with Gasteiger partial charge in [0.05, 0.1) is 6.10 Å². The van der Waals surface area contributed by atoms with Crippen molar-refractivity contribution in [1.82, 2.24) is 0 Å². The summed E-state index contributed by atoms with van der Waals surface area (Å²) < 4.78 is 0.982. The topological polar surface area (TPSA) is 46.2 Å². The fraction of sp³-hybridized carbons (Fsp3) is 0.400. The van der Waals surface area contributed by atoms with Crippen LogP contribution in [0.15, 0.2) is 22.7 Å². The zero-order chi connectivity index (χ0) is 9.84. The van der Waals surface area contributed by atoms with E-state index in [1.807, 2.05) is 25.1 Å². The second-order valence-electron chi connectivity index (χ2n) is 3.07. The molecule has 0 aliphatic heterocycles. The zero-order valence-electron chi connectivity index (χ0n) is 7.63. The number of rotatable bonds is 3. The van der Waals surface area contributed by atoms with Gasteiger partial charge in [-0.2, -0.15) is 0 Å². The molecule has 72 valence electrons. The SMILES string of the molecule is Cc1cccc(C(O)CCN)c1Br. The van der Waals surface area contributed by atoms with Crippen molar-refractivity contribution in [2.75, 3.05) is 6.54 Å². The normalized spacial score (nSPS) is 12.9. The molecule has 0 spiro atoms. The molecule has 0 radical (unpaired) electrons. The van der Waals surface area contributed by atoms with Gasteiger partial charge in [-0.15, -0.1) is 0 Å². The van der Waals surface area contributed by atoms with Crippen molar-refractivity contribution in [3.05, 3.63) is 33.8 Å². The van der Waals surface area contributed by atoms with Crippen LogP contribution < -0.4 is 5.73 Å². The molecular weight excluding hydrogens is 230 g/mol. The number of nitrogens with two attached hydrogens (primary N) is 1. The predicted molar refractivity (Wildman–Crippen MR) is 57.5 cm³/mol.